The molecule has 0 radical (unpaired) electrons. The van der Waals surface area contributed by atoms with Crippen LogP contribution in [0.15, 0.2) is 35.3 Å². The van der Waals surface area contributed by atoms with Crippen LogP contribution in [-0.2, 0) is 4.79 Å². The van der Waals surface area contributed by atoms with Gasteiger partial charge in [0.25, 0.3) is 0 Å². The first-order chi connectivity index (χ1) is 7.63. The van der Waals surface area contributed by atoms with E-state index in [4.69, 9.17) is 4.42 Å². The van der Waals surface area contributed by atoms with E-state index in [0.717, 1.165) is 0 Å². The molecule has 0 aliphatic heterocycles. The van der Waals surface area contributed by atoms with Crippen molar-refractivity contribution in [2.24, 2.45) is 0 Å². The third kappa shape index (κ3) is 3.41. The predicted octanol–water partition coefficient (Wildman–Crippen LogP) is 1.50. The maximum Gasteiger partial charge on any atom is 0.433 e. The van der Waals surface area contributed by atoms with E-state index < -0.39 is 4.92 Å². The molecule has 16 heavy (non-hydrogen) atoms. The Morgan fingerprint density at radius 2 is 2.38 bits per heavy atom. The number of hydrogen-bond donors (Lipinski definition) is 1. The standard InChI is InChI=1S/C10H10N2O4/c1-2-7-11-9(13)5-3-8-4-6-10(16-8)12(14)15/h2-6H,1,7H2,(H,11,13)/b5-3+. The van der Waals surface area contributed by atoms with Gasteiger partial charge in [-0.25, -0.2) is 0 Å². The van der Waals surface area contributed by atoms with Gasteiger partial charge < -0.3 is 9.73 Å². The Kier molecular flexibility index (Phi) is 4.02. The number of nitro groups is 1. The van der Waals surface area contributed by atoms with E-state index >= 15 is 0 Å². The fourth-order valence-corrected chi connectivity index (χ4v) is 0.919. The van der Waals surface area contributed by atoms with Gasteiger partial charge >= 0.3 is 5.88 Å². The summed E-state index contributed by atoms with van der Waals surface area (Å²) in [5.41, 5.74) is 0. The molecule has 1 N–H and O–H groups in total. The van der Waals surface area contributed by atoms with Gasteiger partial charge in [-0.3, -0.25) is 14.9 Å². The predicted molar refractivity (Wildman–Crippen MR) is 57.6 cm³/mol. The zero-order valence-electron chi connectivity index (χ0n) is 8.38. The molecule has 0 unspecified atom stereocenters. The Morgan fingerprint density at radius 1 is 1.62 bits per heavy atom. The first-order valence-corrected chi connectivity index (χ1v) is 4.44. The number of furan rings is 1. The van der Waals surface area contributed by atoms with Crippen LogP contribution in [0, 0.1) is 10.1 Å². The van der Waals surface area contributed by atoms with Crippen LogP contribution in [0.4, 0.5) is 5.88 Å². The fraction of sp³-hybridized carbons (Fsp3) is 0.100. The molecule has 0 spiro atoms. The van der Waals surface area contributed by atoms with Crippen molar-refractivity contribution in [2.75, 3.05) is 6.54 Å². The summed E-state index contributed by atoms with van der Waals surface area (Å²) in [6.45, 7) is 3.80. The van der Waals surface area contributed by atoms with Gasteiger partial charge in [-0.1, -0.05) is 6.08 Å². The Balaban J connectivity index is 2.58. The summed E-state index contributed by atoms with van der Waals surface area (Å²) in [4.78, 5) is 20.7. The van der Waals surface area contributed by atoms with Crippen LogP contribution < -0.4 is 5.32 Å². The van der Waals surface area contributed by atoms with Crippen LogP contribution in [0.2, 0.25) is 0 Å². The van der Waals surface area contributed by atoms with Crippen LogP contribution in [0.25, 0.3) is 6.08 Å². The number of nitrogens with zero attached hydrogens (tertiary/aromatic N) is 1. The van der Waals surface area contributed by atoms with Crippen molar-refractivity contribution in [3.8, 4) is 0 Å². The summed E-state index contributed by atoms with van der Waals surface area (Å²) in [5.74, 6) is -0.425. The fourth-order valence-electron chi connectivity index (χ4n) is 0.919. The molecule has 0 aliphatic rings. The summed E-state index contributed by atoms with van der Waals surface area (Å²) in [6, 6.07) is 2.64. The zero-order valence-corrected chi connectivity index (χ0v) is 8.38. The molecule has 1 aromatic rings. The van der Waals surface area contributed by atoms with Crippen LogP contribution in [0.3, 0.4) is 0 Å². The Morgan fingerprint density at radius 3 is 2.94 bits per heavy atom. The molecular formula is C10H10N2O4. The monoisotopic (exact) mass is 222 g/mol. The molecule has 1 heterocycles. The summed E-state index contributed by atoms with van der Waals surface area (Å²) in [7, 11) is 0. The van der Waals surface area contributed by atoms with Crippen molar-refractivity contribution < 1.29 is 14.1 Å². The van der Waals surface area contributed by atoms with Gasteiger partial charge in [0.05, 0.1) is 6.07 Å². The molecule has 84 valence electrons. The lowest BCUT2D eigenvalue weighted by Gasteiger charge is -1.93. The SMILES string of the molecule is C=CCNC(=O)/C=C/c1ccc([N+](=O)[O-])o1. The lowest BCUT2D eigenvalue weighted by Crippen LogP contribution is -2.20. The minimum atomic E-state index is -0.644. The second-order valence-electron chi connectivity index (χ2n) is 2.80. The van der Waals surface area contributed by atoms with Gasteiger partial charge in [-0.2, -0.15) is 0 Å². The lowest BCUT2D eigenvalue weighted by molar-refractivity contribution is -0.402. The first kappa shape index (κ1) is 11.7. The highest BCUT2D eigenvalue weighted by Gasteiger charge is 2.09. The van der Waals surface area contributed by atoms with Crippen LogP contribution in [-0.4, -0.2) is 17.4 Å². The number of hydrogen-bond acceptors (Lipinski definition) is 4. The van der Waals surface area contributed by atoms with Crippen LogP contribution in [0.5, 0.6) is 0 Å². The highest BCUT2D eigenvalue weighted by Crippen LogP contribution is 2.16. The van der Waals surface area contributed by atoms with Crippen molar-refractivity contribution in [3.05, 3.63) is 46.7 Å². The number of carbonyl (C=O) groups is 1. The van der Waals surface area contributed by atoms with Crippen LogP contribution in [0.1, 0.15) is 5.76 Å². The molecule has 1 aromatic heterocycles. The van der Waals surface area contributed by atoms with E-state index in [-0.39, 0.29) is 17.6 Å². The van der Waals surface area contributed by atoms with E-state index in [1.807, 2.05) is 0 Å². The molecule has 0 saturated heterocycles. The largest absolute Gasteiger partial charge is 0.433 e. The third-order valence-electron chi connectivity index (χ3n) is 1.61. The van der Waals surface area contributed by atoms with E-state index in [2.05, 4.69) is 11.9 Å². The third-order valence-corrected chi connectivity index (χ3v) is 1.61. The average Bonchev–Trinajstić information content (AvgIpc) is 2.72. The topological polar surface area (TPSA) is 85.4 Å². The number of carbonyl (C=O) groups excluding carboxylic acids is 1. The minimum absolute atomic E-state index is 0.250. The van der Waals surface area contributed by atoms with Crippen LogP contribution >= 0.6 is 0 Å². The zero-order chi connectivity index (χ0) is 12.0. The Hall–Kier alpha value is -2.37. The van der Waals surface area contributed by atoms with Crippen molar-refractivity contribution in [1.82, 2.24) is 5.32 Å². The van der Waals surface area contributed by atoms with Crippen molar-refractivity contribution in [3.63, 3.8) is 0 Å². The van der Waals surface area contributed by atoms with Crippen molar-refractivity contribution in [2.45, 2.75) is 0 Å². The average molecular weight is 222 g/mol. The molecule has 0 saturated carbocycles. The first-order valence-electron chi connectivity index (χ1n) is 4.44. The summed E-state index contributed by atoms with van der Waals surface area (Å²) >= 11 is 0. The molecule has 0 fully saturated rings. The van der Waals surface area contributed by atoms with Gasteiger partial charge in [0.1, 0.15) is 10.7 Å². The van der Waals surface area contributed by atoms with Crippen molar-refractivity contribution in [1.29, 1.82) is 0 Å². The Bertz CT molecular complexity index is 434. The molecule has 1 rings (SSSR count). The molecule has 0 aliphatic carbocycles. The van der Waals surface area contributed by atoms with E-state index in [9.17, 15) is 14.9 Å². The molecule has 6 nitrogen and oxygen atoms in total. The van der Waals surface area contributed by atoms with Gasteiger partial charge in [0.2, 0.25) is 5.91 Å². The normalized spacial score (nSPS) is 10.2. The number of rotatable bonds is 5. The van der Waals surface area contributed by atoms with Gasteiger partial charge in [0, 0.05) is 12.6 Å². The van der Waals surface area contributed by atoms with E-state index in [1.165, 1.54) is 24.3 Å². The Labute approximate surface area is 91.4 Å². The molecule has 1 amide bonds. The molecule has 0 atom stereocenters. The van der Waals surface area contributed by atoms with E-state index in [0.29, 0.717) is 6.54 Å². The maximum atomic E-state index is 11.1. The summed E-state index contributed by atoms with van der Waals surface area (Å²) in [6.07, 6.45) is 4.13. The summed E-state index contributed by atoms with van der Waals surface area (Å²) in [5, 5.41) is 12.8. The maximum absolute atomic E-state index is 11.1. The van der Waals surface area contributed by atoms with Gasteiger partial charge in [-0.05, 0) is 12.1 Å². The lowest BCUT2D eigenvalue weighted by atomic mass is 10.4. The quantitative estimate of drug-likeness (QED) is 0.354. The molecule has 6 heteroatoms. The number of amides is 1. The van der Waals surface area contributed by atoms with E-state index in [1.54, 1.807) is 6.08 Å². The van der Waals surface area contributed by atoms with Gasteiger partial charge in [-0.15, -0.1) is 6.58 Å². The second-order valence-corrected chi connectivity index (χ2v) is 2.80. The van der Waals surface area contributed by atoms with Gasteiger partial charge in [0.15, 0.2) is 0 Å². The van der Waals surface area contributed by atoms with Crippen molar-refractivity contribution >= 4 is 17.9 Å². The molecular weight excluding hydrogens is 212 g/mol. The smallest absolute Gasteiger partial charge is 0.401 e. The molecule has 0 bridgehead atoms. The minimum Gasteiger partial charge on any atom is -0.401 e. The number of nitrogens with one attached hydrogen (secondary N) is 1. The highest BCUT2D eigenvalue weighted by molar-refractivity contribution is 5.91. The highest BCUT2D eigenvalue weighted by atomic mass is 16.6. The molecule has 0 aromatic carbocycles. The second kappa shape index (κ2) is 5.50. The summed E-state index contributed by atoms with van der Waals surface area (Å²) < 4.78 is 4.81.